The van der Waals surface area contributed by atoms with Gasteiger partial charge in [-0.2, -0.15) is 5.10 Å². The third-order valence-electron chi connectivity index (χ3n) is 6.00. The van der Waals surface area contributed by atoms with Crippen molar-refractivity contribution in [3.05, 3.63) is 84.2 Å². The summed E-state index contributed by atoms with van der Waals surface area (Å²) in [4.78, 5) is 7.03. The van der Waals surface area contributed by atoms with E-state index in [2.05, 4.69) is 81.1 Å². The normalized spacial score (nSPS) is 19.9. The summed E-state index contributed by atoms with van der Waals surface area (Å²) >= 11 is 0. The van der Waals surface area contributed by atoms with Gasteiger partial charge in [-0.15, -0.1) is 0 Å². The van der Waals surface area contributed by atoms with Gasteiger partial charge in [0.05, 0.1) is 5.69 Å². The molecule has 1 saturated heterocycles. The van der Waals surface area contributed by atoms with Crippen molar-refractivity contribution in [2.45, 2.75) is 44.9 Å². The second kappa shape index (κ2) is 10.3. The summed E-state index contributed by atoms with van der Waals surface area (Å²) in [7, 11) is 1.84. The Labute approximate surface area is 185 Å². The summed E-state index contributed by atoms with van der Waals surface area (Å²) in [5.41, 5.74) is 3.65. The van der Waals surface area contributed by atoms with Crippen LogP contribution in [0.4, 0.5) is 0 Å². The van der Waals surface area contributed by atoms with E-state index in [-0.39, 0.29) is 0 Å². The number of aliphatic imine (C=N–C) groups is 1. The molecule has 2 unspecified atom stereocenters. The van der Waals surface area contributed by atoms with Crippen LogP contribution in [0, 0.1) is 0 Å². The van der Waals surface area contributed by atoms with Crippen LogP contribution >= 0.6 is 0 Å². The minimum absolute atomic E-state index is 0.426. The molecule has 3 aromatic rings. The van der Waals surface area contributed by atoms with Gasteiger partial charge in [0, 0.05) is 51.2 Å². The number of aromatic nitrogens is 2. The lowest BCUT2D eigenvalue weighted by Crippen LogP contribution is -2.51. The highest BCUT2D eigenvalue weighted by Crippen LogP contribution is 2.20. The number of piperidine rings is 1. The van der Waals surface area contributed by atoms with E-state index in [4.69, 9.17) is 0 Å². The van der Waals surface area contributed by atoms with Crippen LogP contribution in [0.15, 0.2) is 78.0 Å². The molecule has 4 rings (SSSR count). The van der Waals surface area contributed by atoms with Crippen LogP contribution in [0.2, 0.25) is 0 Å². The van der Waals surface area contributed by atoms with Crippen LogP contribution in [0.1, 0.15) is 30.9 Å². The summed E-state index contributed by atoms with van der Waals surface area (Å²) in [6, 6.07) is 22.0. The number of rotatable bonds is 6. The highest BCUT2D eigenvalue weighted by molar-refractivity contribution is 5.80. The zero-order valence-corrected chi connectivity index (χ0v) is 18.4. The van der Waals surface area contributed by atoms with Gasteiger partial charge < -0.3 is 10.6 Å². The Morgan fingerprint density at radius 1 is 1.10 bits per heavy atom. The van der Waals surface area contributed by atoms with Crippen molar-refractivity contribution in [2.75, 3.05) is 13.6 Å². The lowest BCUT2D eigenvalue weighted by atomic mass is 9.97. The molecule has 0 radical (unpaired) electrons. The molecule has 1 aliphatic heterocycles. The van der Waals surface area contributed by atoms with Gasteiger partial charge in [-0.25, -0.2) is 4.68 Å². The van der Waals surface area contributed by atoms with Crippen LogP contribution in [0.5, 0.6) is 0 Å². The van der Waals surface area contributed by atoms with E-state index in [1.165, 1.54) is 11.1 Å². The first-order valence-electron chi connectivity index (χ1n) is 11.1. The average Bonchev–Trinajstić information content (AvgIpc) is 3.34. The van der Waals surface area contributed by atoms with Gasteiger partial charge in [0.15, 0.2) is 5.96 Å². The van der Waals surface area contributed by atoms with Crippen molar-refractivity contribution in [3.63, 3.8) is 0 Å². The van der Waals surface area contributed by atoms with Crippen LogP contribution in [-0.4, -0.2) is 46.3 Å². The molecule has 31 heavy (non-hydrogen) atoms. The largest absolute Gasteiger partial charge is 0.354 e. The molecule has 0 amide bonds. The molecule has 0 bridgehead atoms. The molecule has 2 aromatic carbocycles. The van der Waals surface area contributed by atoms with E-state index < -0.39 is 0 Å². The number of guanidine groups is 1. The number of hydrogen-bond acceptors (Lipinski definition) is 3. The number of nitrogens with one attached hydrogen (secondary N) is 2. The number of nitrogens with zero attached hydrogens (tertiary/aromatic N) is 4. The fourth-order valence-electron chi connectivity index (χ4n) is 4.27. The van der Waals surface area contributed by atoms with Crippen LogP contribution in [-0.2, 0) is 13.1 Å². The van der Waals surface area contributed by atoms with Gasteiger partial charge in [0.2, 0.25) is 0 Å². The average molecular weight is 417 g/mol. The van der Waals surface area contributed by atoms with E-state index in [0.717, 1.165) is 37.6 Å². The summed E-state index contributed by atoms with van der Waals surface area (Å²) in [5.74, 6) is 0.851. The monoisotopic (exact) mass is 416 g/mol. The van der Waals surface area contributed by atoms with E-state index in [1.807, 2.05) is 30.1 Å². The first-order chi connectivity index (χ1) is 15.2. The molecule has 0 spiro atoms. The molecule has 1 aliphatic rings. The van der Waals surface area contributed by atoms with Crippen molar-refractivity contribution in [3.8, 4) is 5.69 Å². The Morgan fingerprint density at radius 3 is 2.65 bits per heavy atom. The molecule has 6 nitrogen and oxygen atoms in total. The van der Waals surface area contributed by atoms with E-state index in [1.54, 1.807) is 6.20 Å². The summed E-state index contributed by atoms with van der Waals surface area (Å²) in [5, 5.41) is 11.5. The highest BCUT2D eigenvalue weighted by Gasteiger charge is 2.26. The molecule has 1 fully saturated rings. The van der Waals surface area contributed by atoms with Crippen LogP contribution in [0.3, 0.4) is 0 Å². The second-order valence-electron chi connectivity index (χ2n) is 8.18. The maximum atomic E-state index is 4.46. The van der Waals surface area contributed by atoms with Crippen LogP contribution < -0.4 is 10.6 Å². The highest BCUT2D eigenvalue weighted by atomic mass is 15.3. The minimum Gasteiger partial charge on any atom is -0.354 e. The van der Waals surface area contributed by atoms with E-state index >= 15 is 0 Å². The lowest BCUT2D eigenvalue weighted by Gasteiger charge is -2.38. The molecule has 0 saturated carbocycles. The maximum Gasteiger partial charge on any atom is 0.191 e. The first-order valence-corrected chi connectivity index (χ1v) is 11.1. The van der Waals surface area contributed by atoms with Gasteiger partial charge in [0.25, 0.3) is 0 Å². The molecule has 2 atom stereocenters. The Morgan fingerprint density at radius 2 is 1.90 bits per heavy atom. The second-order valence-corrected chi connectivity index (χ2v) is 8.18. The molecule has 6 heteroatoms. The molecule has 162 valence electrons. The number of benzene rings is 2. The van der Waals surface area contributed by atoms with Crippen molar-refractivity contribution in [1.82, 2.24) is 25.3 Å². The minimum atomic E-state index is 0.426. The zero-order chi connectivity index (χ0) is 21.5. The summed E-state index contributed by atoms with van der Waals surface area (Å²) in [6.07, 6.45) is 5.99. The van der Waals surface area contributed by atoms with Crippen molar-refractivity contribution in [1.29, 1.82) is 0 Å². The third-order valence-corrected chi connectivity index (χ3v) is 6.00. The lowest BCUT2D eigenvalue weighted by molar-refractivity contribution is 0.134. The van der Waals surface area contributed by atoms with Crippen molar-refractivity contribution >= 4 is 5.96 Å². The van der Waals surface area contributed by atoms with Crippen molar-refractivity contribution < 1.29 is 0 Å². The Kier molecular flexibility index (Phi) is 6.99. The maximum absolute atomic E-state index is 4.46. The molecule has 1 aromatic heterocycles. The predicted octanol–water partition coefficient (Wildman–Crippen LogP) is 3.59. The fraction of sp³-hybridized carbons (Fsp3) is 0.360. The van der Waals surface area contributed by atoms with Gasteiger partial charge >= 0.3 is 0 Å². The Bertz CT molecular complexity index is 967. The Balaban J connectivity index is 1.31. The molecular formula is C25H32N6. The third kappa shape index (κ3) is 5.52. The Hall–Kier alpha value is -3.12. The number of para-hydroxylation sites is 1. The fourth-order valence-corrected chi connectivity index (χ4v) is 4.27. The summed E-state index contributed by atoms with van der Waals surface area (Å²) < 4.78 is 1.90. The predicted molar refractivity (Wildman–Crippen MR) is 126 cm³/mol. The van der Waals surface area contributed by atoms with Gasteiger partial charge in [-0.05, 0) is 43.0 Å². The quantitative estimate of drug-likeness (QED) is 0.476. The van der Waals surface area contributed by atoms with E-state index in [0.29, 0.717) is 18.6 Å². The molecule has 2 N–H and O–H groups in total. The smallest absolute Gasteiger partial charge is 0.191 e. The van der Waals surface area contributed by atoms with E-state index in [9.17, 15) is 0 Å². The SMILES string of the molecule is CN=C(NCc1ccccc1-n1cccn1)NC1CCN(Cc2ccccc2)C(C)C1. The van der Waals surface area contributed by atoms with Gasteiger partial charge in [0.1, 0.15) is 0 Å². The standard InChI is InChI=1S/C25H32N6/c1-20-17-23(13-16-30(20)19-21-9-4-3-5-10-21)29-25(26-2)27-18-22-11-6-7-12-24(22)31-15-8-14-28-31/h3-12,14-15,20,23H,13,16-19H2,1-2H3,(H2,26,27,29). The van der Waals surface area contributed by atoms with Gasteiger partial charge in [-0.3, -0.25) is 9.89 Å². The molecular weight excluding hydrogens is 384 g/mol. The van der Waals surface area contributed by atoms with Crippen LogP contribution in [0.25, 0.3) is 5.69 Å². The number of likely N-dealkylation sites (tertiary alicyclic amines) is 1. The zero-order valence-electron chi connectivity index (χ0n) is 18.4. The molecule has 0 aliphatic carbocycles. The van der Waals surface area contributed by atoms with Gasteiger partial charge in [-0.1, -0.05) is 48.5 Å². The topological polar surface area (TPSA) is 57.5 Å². The van der Waals surface area contributed by atoms with Crippen molar-refractivity contribution in [2.24, 2.45) is 4.99 Å². The first kappa shape index (κ1) is 21.1. The molecule has 2 heterocycles. The number of hydrogen-bond donors (Lipinski definition) is 2. The summed E-state index contributed by atoms with van der Waals surface area (Å²) in [6.45, 7) is 5.13.